The van der Waals surface area contributed by atoms with Crippen molar-refractivity contribution in [2.75, 3.05) is 0 Å². The van der Waals surface area contributed by atoms with E-state index in [2.05, 4.69) is 17.3 Å². The summed E-state index contributed by atoms with van der Waals surface area (Å²) in [4.78, 5) is 24.0. The molecule has 2 aliphatic rings. The molecule has 1 aromatic heterocycles. The third-order valence-corrected chi connectivity index (χ3v) is 4.63. The van der Waals surface area contributed by atoms with Gasteiger partial charge in [-0.1, -0.05) is 19.8 Å². The Balaban J connectivity index is 1.64. The van der Waals surface area contributed by atoms with Crippen molar-refractivity contribution in [3.05, 3.63) is 28.2 Å². The first-order valence-corrected chi connectivity index (χ1v) is 8.01. The first kappa shape index (κ1) is 14.3. The van der Waals surface area contributed by atoms with Crippen molar-refractivity contribution in [3.8, 4) is 0 Å². The van der Waals surface area contributed by atoms with E-state index in [4.69, 9.17) is 0 Å². The summed E-state index contributed by atoms with van der Waals surface area (Å²) in [6.07, 6.45) is 6.90. The lowest BCUT2D eigenvalue weighted by Gasteiger charge is -2.29. The molecule has 2 saturated carbocycles. The number of hydrogen-bond donors (Lipinski definition) is 1. The third kappa shape index (κ3) is 3.52. The molecule has 5 nitrogen and oxygen atoms in total. The lowest BCUT2D eigenvalue weighted by Crippen LogP contribution is -2.43. The normalized spacial score (nSPS) is 25.6. The van der Waals surface area contributed by atoms with Crippen molar-refractivity contribution >= 4 is 5.91 Å². The molecule has 2 fully saturated rings. The van der Waals surface area contributed by atoms with E-state index in [9.17, 15) is 9.59 Å². The van der Waals surface area contributed by atoms with Crippen LogP contribution in [0.15, 0.2) is 16.9 Å². The van der Waals surface area contributed by atoms with Gasteiger partial charge in [0.15, 0.2) is 0 Å². The van der Waals surface area contributed by atoms with Gasteiger partial charge in [0, 0.05) is 18.0 Å². The molecule has 2 aliphatic carbocycles. The number of nitrogens with zero attached hydrogens (tertiary/aromatic N) is 2. The van der Waals surface area contributed by atoms with E-state index in [1.807, 2.05) is 0 Å². The highest BCUT2D eigenvalue weighted by atomic mass is 16.2. The molecule has 0 spiro atoms. The SMILES string of the molecule is CC1CCCCC1NC(=O)Cn1nc(C2CC2)ccc1=O. The van der Waals surface area contributed by atoms with Gasteiger partial charge < -0.3 is 5.32 Å². The number of carbonyl (C=O) groups excluding carboxylic acids is 1. The summed E-state index contributed by atoms with van der Waals surface area (Å²) in [5.74, 6) is 0.903. The van der Waals surface area contributed by atoms with Gasteiger partial charge in [0.25, 0.3) is 5.56 Å². The second-order valence-corrected chi connectivity index (χ2v) is 6.46. The van der Waals surface area contributed by atoms with Crippen molar-refractivity contribution < 1.29 is 4.79 Å². The number of amides is 1. The predicted octanol–water partition coefficient (Wildman–Crippen LogP) is 1.82. The molecule has 0 bridgehead atoms. The van der Waals surface area contributed by atoms with E-state index in [1.54, 1.807) is 6.07 Å². The van der Waals surface area contributed by atoms with Gasteiger partial charge in [-0.25, -0.2) is 4.68 Å². The summed E-state index contributed by atoms with van der Waals surface area (Å²) < 4.78 is 1.30. The lowest BCUT2D eigenvalue weighted by molar-refractivity contribution is -0.123. The Labute approximate surface area is 124 Å². The molecule has 114 valence electrons. The quantitative estimate of drug-likeness (QED) is 0.919. The van der Waals surface area contributed by atoms with Crippen LogP contribution in [0.3, 0.4) is 0 Å². The van der Waals surface area contributed by atoms with E-state index in [0.717, 1.165) is 25.0 Å². The van der Waals surface area contributed by atoms with Crippen LogP contribution < -0.4 is 10.9 Å². The molecular formula is C16H23N3O2. The standard InChI is InChI=1S/C16H23N3O2/c1-11-4-2-3-5-13(11)17-15(20)10-19-16(21)9-8-14(18-19)12-6-7-12/h8-9,11-13H,2-7,10H2,1H3,(H,17,20). The van der Waals surface area contributed by atoms with Crippen LogP contribution >= 0.6 is 0 Å². The second-order valence-electron chi connectivity index (χ2n) is 6.46. The Morgan fingerprint density at radius 1 is 1.29 bits per heavy atom. The average Bonchev–Trinajstić information content (AvgIpc) is 3.28. The van der Waals surface area contributed by atoms with E-state index < -0.39 is 0 Å². The maximum absolute atomic E-state index is 12.2. The molecule has 0 aromatic carbocycles. The second kappa shape index (κ2) is 6.00. The zero-order chi connectivity index (χ0) is 14.8. The van der Waals surface area contributed by atoms with Crippen molar-refractivity contribution in [2.24, 2.45) is 5.92 Å². The van der Waals surface area contributed by atoms with Crippen molar-refractivity contribution in [1.29, 1.82) is 0 Å². The molecular weight excluding hydrogens is 266 g/mol. The summed E-state index contributed by atoms with van der Waals surface area (Å²) in [5.41, 5.74) is 0.736. The Morgan fingerprint density at radius 3 is 2.76 bits per heavy atom. The molecule has 2 unspecified atom stereocenters. The largest absolute Gasteiger partial charge is 0.351 e. The van der Waals surface area contributed by atoms with Crippen LogP contribution in [-0.2, 0) is 11.3 Å². The lowest BCUT2D eigenvalue weighted by atomic mass is 9.86. The average molecular weight is 289 g/mol. The molecule has 0 saturated heterocycles. The Morgan fingerprint density at radius 2 is 2.05 bits per heavy atom. The predicted molar refractivity (Wildman–Crippen MR) is 80.0 cm³/mol. The zero-order valence-corrected chi connectivity index (χ0v) is 12.5. The van der Waals surface area contributed by atoms with Gasteiger partial charge in [-0.3, -0.25) is 9.59 Å². The summed E-state index contributed by atoms with van der Waals surface area (Å²) >= 11 is 0. The van der Waals surface area contributed by atoms with Gasteiger partial charge in [-0.05, 0) is 37.7 Å². The maximum Gasteiger partial charge on any atom is 0.267 e. The Hall–Kier alpha value is -1.65. The summed E-state index contributed by atoms with van der Waals surface area (Å²) in [6.45, 7) is 2.21. The van der Waals surface area contributed by atoms with Crippen LogP contribution in [0.5, 0.6) is 0 Å². The van der Waals surface area contributed by atoms with Crippen LogP contribution in [0.4, 0.5) is 0 Å². The number of rotatable bonds is 4. The number of aromatic nitrogens is 2. The van der Waals surface area contributed by atoms with Crippen LogP contribution in [0.2, 0.25) is 0 Å². The zero-order valence-electron chi connectivity index (χ0n) is 12.5. The van der Waals surface area contributed by atoms with Crippen LogP contribution in [-0.4, -0.2) is 21.7 Å². The van der Waals surface area contributed by atoms with Gasteiger partial charge in [0.1, 0.15) is 6.54 Å². The first-order valence-electron chi connectivity index (χ1n) is 8.01. The third-order valence-electron chi connectivity index (χ3n) is 4.63. The van der Waals surface area contributed by atoms with Gasteiger partial charge in [0.05, 0.1) is 5.69 Å². The first-order chi connectivity index (χ1) is 10.1. The van der Waals surface area contributed by atoms with Crippen LogP contribution in [0.1, 0.15) is 57.1 Å². The van der Waals surface area contributed by atoms with Crippen molar-refractivity contribution in [2.45, 2.75) is 64.0 Å². The molecule has 1 amide bonds. The molecule has 5 heteroatoms. The van der Waals surface area contributed by atoms with E-state index >= 15 is 0 Å². The minimum Gasteiger partial charge on any atom is -0.351 e. The highest BCUT2D eigenvalue weighted by molar-refractivity contribution is 5.76. The fraction of sp³-hybridized carbons (Fsp3) is 0.688. The van der Waals surface area contributed by atoms with E-state index in [0.29, 0.717) is 11.8 Å². The van der Waals surface area contributed by atoms with Gasteiger partial charge in [-0.15, -0.1) is 0 Å². The van der Waals surface area contributed by atoms with E-state index in [-0.39, 0.29) is 24.1 Å². The molecule has 0 aliphatic heterocycles. The van der Waals surface area contributed by atoms with Crippen molar-refractivity contribution in [1.82, 2.24) is 15.1 Å². The molecule has 1 aromatic rings. The highest BCUT2D eigenvalue weighted by Gasteiger charge is 2.26. The number of carbonyl (C=O) groups is 1. The van der Waals surface area contributed by atoms with Gasteiger partial charge in [-0.2, -0.15) is 5.10 Å². The number of nitrogens with one attached hydrogen (secondary N) is 1. The highest BCUT2D eigenvalue weighted by Crippen LogP contribution is 2.38. The number of hydrogen-bond acceptors (Lipinski definition) is 3. The molecule has 21 heavy (non-hydrogen) atoms. The fourth-order valence-corrected chi connectivity index (χ4v) is 3.09. The maximum atomic E-state index is 12.2. The molecule has 3 rings (SSSR count). The van der Waals surface area contributed by atoms with Crippen LogP contribution in [0, 0.1) is 5.92 Å². The smallest absolute Gasteiger partial charge is 0.267 e. The summed E-state index contributed by atoms with van der Waals surface area (Å²) in [6, 6.07) is 3.56. The minimum absolute atomic E-state index is 0.0304. The topological polar surface area (TPSA) is 64.0 Å². The summed E-state index contributed by atoms with van der Waals surface area (Å²) in [7, 11) is 0. The van der Waals surface area contributed by atoms with E-state index in [1.165, 1.54) is 30.0 Å². The van der Waals surface area contributed by atoms with Crippen molar-refractivity contribution in [3.63, 3.8) is 0 Å². The van der Waals surface area contributed by atoms with Gasteiger partial charge >= 0.3 is 0 Å². The molecule has 2 atom stereocenters. The summed E-state index contributed by atoms with van der Waals surface area (Å²) in [5, 5.41) is 7.40. The molecule has 1 heterocycles. The minimum atomic E-state index is -0.203. The molecule has 0 radical (unpaired) electrons. The Bertz CT molecular complexity index is 577. The monoisotopic (exact) mass is 289 g/mol. The Kier molecular flexibility index (Phi) is 4.08. The van der Waals surface area contributed by atoms with Crippen LogP contribution in [0.25, 0.3) is 0 Å². The fourth-order valence-electron chi connectivity index (χ4n) is 3.09. The van der Waals surface area contributed by atoms with Gasteiger partial charge in [0.2, 0.25) is 5.91 Å². The molecule has 1 N–H and O–H groups in total.